The van der Waals surface area contributed by atoms with Crippen molar-refractivity contribution in [1.82, 2.24) is 4.57 Å². The van der Waals surface area contributed by atoms with Crippen LogP contribution in [0, 0.1) is 12.8 Å². The Labute approximate surface area is 247 Å². The number of aromatic hydroxyl groups is 1. The highest BCUT2D eigenvalue weighted by molar-refractivity contribution is 5.64. The molecule has 3 heterocycles. The number of benzene rings is 2. The number of pyridine rings is 1. The first-order valence-electron chi connectivity index (χ1n) is 14.7. The number of imidazole rings is 1. The Bertz CT molecular complexity index is 1530. The van der Waals surface area contributed by atoms with E-state index in [1.165, 1.54) is 18.5 Å². The Morgan fingerprint density at radius 1 is 0.976 bits per heavy atom. The lowest BCUT2D eigenvalue weighted by atomic mass is 9.93. The first-order valence-corrected chi connectivity index (χ1v) is 14.7. The molecule has 2 aromatic heterocycles. The van der Waals surface area contributed by atoms with Crippen molar-refractivity contribution < 1.29 is 14.2 Å². The van der Waals surface area contributed by atoms with Crippen LogP contribution in [0.2, 0.25) is 0 Å². The van der Waals surface area contributed by atoms with Gasteiger partial charge in [0.05, 0.1) is 26.5 Å². The number of phenols is 1. The van der Waals surface area contributed by atoms with E-state index < -0.39 is 0 Å². The molecular weight excluding hydrogens is 526 g/mol. The summed E-state index contributed by atoms with van der Waals surface area (Å²) in [7, 11) is 3.93. The van der Waals surface area contributed by atoms with Gasteiger partial charge in [-0.3, -0.25) is 0 Å². The summed E-state index contributed by atoms with van der Waals surface area (Å²) in [6, 6.07) is 15.9. The zero-order chi connectivity index (χ0) is 29.5. The molecule has 0 amide bonds. The van der Waals surface area contributed by atoms with Gasteiger partial charge in [0.25, 0.3) is 0 Å². The van der Waals surface area contributed by atoms with Crippen LogP contribution in [0.25, 0.3) is 0 Å². The summed E-state index contributed by atoms with van der Waals surface area (Å²) in [5, 5.41) is 31.1. The number of piperidine rings is 1. The number of azo groups is 2. The average molecular weight is 568 g/mol. The molecule has 2 N–H and O–H groups in total. The molecular formula is C32H41N9O+2. The van der Waals surface area contributed by atoms with E-state index in [1.54, 1.807) is 6.07 Å². The number of phenolic OH excluding ortho intramolecular Hbond substituents is 1. The Hall–Kier alpha value is -4.60. The lowest BCUT2D eigenvalue weighted by Crippen LogP contribution is -2.37. The van der Waals surface area contributed by atoms with Crippen molar-refractivity contribution in [3.05, 3.63) is 78.9 Å². The minimum atomic E-state index is 0.120. The van der Waals surface area contributed by atoms with Crippen LogP contribution in [0.4, 0.5) is 34.4 Å². The fraction of sp³-hybridized carbons (Fsp3) is 0.375. The Kier molecular flexibility index (Phi) is 9.21. The van der Waals surface area contributed by atoms with Crippen molar-refractivity contribution in [2.45, 2.75) is 39.7 Å². The average Bonchev–Trinajstić information content (AvgIpc) is 3.33. The Balaban J connectivity index is 1.11. The monoisotopic (exact) mass is 567 g/mol. The molecule has 218 valence electrons. The molecule has 0 aliphatic carbocycles. The van der Waals surface area contributed by atoms with Gasteiger partial charge in [-0.05, 0) is 74.6 Å². The summed E-state index contributed by atoms with van der Waals surface area (Å²) < 4.78 is 6.08. The summed E-state index contributed by atoms with van der Waals surface area (Å²) in [5.74, 6) is 1.61. The van der Waals surface area contributed by atoms with Crippen LogP contribution in [0.5, 0.6) is 5.75 Å². The number of hydrogen-bond acceptors (Lipinski definition) is 7. The van der Waals surface area contributed by atoms with Gasteiger partial charge in [-0.25, -0.2) is 13.7 Å². The predicted octanol–water partition coefficient (Wildman–Crippen LogP) is 6.72. The molecule has 0 saturated carbocycles. The van der Waals surface area contributed by atoms with Crippen molar-refractivity contribution in [1.29, 1.82) is 0 Å². The van der Waals surface area contributed by atoms with Gasteiger partial charge in [0.1, 0.15) is 29.4 Å². The molecule has 2 aromatic carbocycles. The third-order valence-electron chi connectivity index (χ3n) is 7.83. The molecule has 0 atom stereocenters. The first-order chi connectivity index (χ1) is 20.4. The standard InChI is InChI=1S/C32H40N9O/c1-5-33-29-22-31(42)30(21-24(29)2)36-35-27-7-6-15-40(23-27)16-12-25-13-17-41(18-14-25)28-10-8-26(9-11-28)34-37-32-38(3)19-20-39(32)4/h6-11,15,19-23,25H,5,12-14,16-18H2,1-4H3,(H-,33,35,42)/q+1/p+1. The molecule has 5 rings (SSSR count). The maximum Gasteiger partial charge on any atom is 0.421 e. The van der Waals surface area contributed by atoms with E-state index >= 15 is 0 Å². The Morgan fingerprint density at radius 2 is 1.74 bits per heavy atom. The van der Waals surface area contributed by atoms with Crippen LogP contribution in [0.1, 0.15) is 31.7 Å². The number of nitrogens with zero attached hydrogens (tertiary/aromatic N) is 8. The first kappa shape index (κ1) is 28.9. The smallest absolute Gasteiger partial charge is 0.421 e. The van der Waals surface area contributed by atoms with Gasteiger partial charge in [0, 0.05) is 54.7 Å². The van der Waals surface area contributed by atoms with Gasteiger partial charge < -0.3 is 15.3 Å². The molecule has 10 nitrogen and oxygen atoms in total. The predicted molar refractivity (Wildman–Crippen MR) is 165 cm³/mol. The number of nitrogens with one attached hydrogen (secondary N) is 1. The molecule has 10 heteroatoms. The molecule has 1 saturated heterocycles. The number of anilines is 2. The molecule has 1 aliphatic heterocycles. The van der Waals surface area contributed by atoms with Crippen molar-refractivity contribution in [3.8, 4) is 5.75 Å². The number of hydrogen-bond donors (Lipinski definition) is 2. The van der Waals surface area contributed by atoms with Gasteiger partial charge in [-0.1, -0.05) is 5.11 Å². The third kappa shape index (κ3) is 7.18. The van der Waals surface area contributed by atoms with Crippen LogP contribution in [0.15, 0.2) is 93.8 Å². The van der Waals surface area contributed by atoms with E-state index in [0.717, 1.165) is 61.2 Å². The Morgan fingerprint density at radius 3 is 2.45 bits per heavy atom. The quantitative estimate of drug-likeness (QED) is 0.164. The highest BCUT2D eigenvalue weighted by Gasteiger charge is 2.21. The molecule has 1 aliphatic rings. The van der Waals surface area contributed by atoms with Crippen LogP contribution in [-0.4, -0.2) is 29.3 Å². The van der Waals surface area contributed by atoms with Gasteiger partial charge >= 0.3 is 5.95 Å². The lowest BCUT2D eigenvalue weighted by molar-refractivity contribution is -0.697. The summed E-state index contributed by atoms with van der Waals surface area (Å²) >= 11 is 0. The highest BCUT2D eigenvalue weighted by atomic mass is 16.3. The number of rotatable bonds is 10. The van der Waals surface area contributed by atoms with E-state index in [2.05, 4.69) is 53.6 Å². The molecule has 4 aromatic rings. The molecule has 0 radical (unpaired) electrons. The lowest BCUT2D eigenvalue weighted by Gasteiger charge is -2.33. The maximum atomic E-state index is 10.4. The summed E-state index contributed by atoms with van der Waals surface area (Å²) in [4.78, 5) is 2.46. The van der Waals surface area contributed by atoms with Gasteiger partial charge in [0.15, 0.2) is 12.4 Å². The zero-order valence-electron chi connectivity index (χ0n) is 25.0. The summed E-state index contributed by atoms with van der Waals surface area (Å²) in [6.07, 6.45) is 11.5. The zero-order valence-corrected chi connectivity index (χ0v) is 25.0. The summed E-state index contributed by atoms with van der Waals surface area (Å²) in [5.41, 5.74) is 5.25. The molecule has 0 spiro atoms. The van der Waals surface area contributed by atoms with Gasteiger partial charge in [-0.15, -0.1) is 10.2 Å². The van der Waals surface area contributed by atoms with Crippen molar-refractivity contribution >= 4 is 34.4 Å². The molecule has 0 bridgehead atoms. The van der Waals surface area contributed by atoms with E-state index in [4.69, 9.17) is 0 Å². The van der Waals surface area contributed by atoms with Crippen molar-refractivity contribution in [3.63, 3.8) is 0 Å². The fourth-order valence-corrected chi connectivity index (χ4v) is 5.33. The molecule has 1 fully saturated rings. The second-order valence-electron chi connectivity index (χ2n) is 10.9. The minimum Gasteiger partial charge on any atom is -0.506 e. The highest BCUT2D eigenvalue weighted by Crippen LogP contribution is 2.33. The summed E-state index contributed by atoms with van der Waals surface area (Å²) in [6.45, 7) is 7.86. The fourth-order valence-electron chi connectivity index (χ4n) is 5.33. The van der Waals surface area contributed by atoms with Crippen LogP contribution in [-0.2, 0) is 20.6 Å². The van der Waals surface area contributed by atoms with E-state index in [9.17, 15) is 5.11 Å². The van der Waals surface area contributed by atoms with Crippen LogP contribution in [0.3, 0.4) is 0 Å². The van der Waals surface area contributed by atoms with Crippen LogP contribution < -0.4 is 19.4 Å². The van der Waals surface area contributed by atoms with E-state index in [-0.39, 0.29) is 5.75 Å². The molecule has 0 unspecified atom stereocenters. The largest absolute Gasteiger partial charge is 0.506 e. The number of aryl methyl sites for hydroxylation is 4. The SMILES string of the molecule is CCNc1cc(O)c(/N=N/c2ccc[n+](CCC3CCN(c4ccc(/N=N/c5n(C)cc[n+]5C)cc4)CC3)c2)cc1C. The molecule has 42 heavy (non-hydrogen) atoms. The normalized spacial score (nSPS) is 14.3. The van der Waals surface area contributed by atoms with Crippen LogP contribution >= 0.6 is 0 Å². The second kappa shape index (κ2) is 13.4. The topological polar surface area (TPSA) is 97.6 Å². The third-order valence-corrected chi connectivity index (χ3v) is 7.83. The van der Waals surface area contributed by atoms with E-state index in [1.807, 2.05) is 86.0 Å². The van der Waals surface area contributed by atoms with Gasteiger partial charge in [-0.2, -0.15) is 0 Å². The minimum absolute atomic E-state index is 0.120. The number of aromatic nitrogens is 3. The van der Waals surface area contributed by atoms with Gasteiger partial charge in [0.2, 0.25) is 0 Å². The van der Waals surface area contributed by atoms with Crippen molar-refractivity contribution in [2.75, 3.05) is 29.9 Å². The maximum absolute atomic E-state index is 10.4. The van der Waals surface area contributed by atoms with Crippen molar-refractivity contribution in [2.24, 2.45) is 40.5 Å². The van der Waals surface area contributed by atoms with E-state index in [0.29, 0.717) is 11.6 Å². The second-order valence-corrected chi connectivity index (χ2v) is 10.9.